The molecule has 31 heavy (non-hydrogen) atoms. The average Bonchev–Trinajstić information content (AvgIpc) is 2.94. The zero-order valence-electron chi connectivity index (χ0n) is 18.6. The van der Waals surface area contributed by atoms with Crippen LogP contribution in [0.15, 0.2) is 24.3 Å². The lowest BCUT2D eigenvalue weighted by atomic mass is 9.78. The normalized spacial score (nSPS) is 28.3. The Labute approximate surface area is 182 Å². The second kappa shape index (κ2) is 9.08. The number of carbonyl (C=O) groups excluding carboxylic acids is 4. The molecule has 0 bridgehead atoms. The van der Waals surface area contributed by atoms with Crippen molar-refractivity contribution in [3.63, 3.8) is 0 Å². The van der Waals surface area contributed by atoms with Gasteiger partial charge in [-0.2, -0.15) is 0 Å². The summed E-state index contributed by atoms with van der Waals surface area (Å²) in [5.74, 6) is -0.825. The quantitative estimate of drug-likeness (QED) is 0.533. The monoisotopic (exact) mass is 429 g/mol. The molecule has 3 rings (SSSR count). The summed E-state index contributed by atoms with van der Waals surface area (Å²) in [5.41, 5.74) is 0.401. The molecule has 2 aliphatic rings. The zero-order valence-corrected chi connectivity index (χ0v) is 18.6. The second-order valence-electron chi connectivity index (χ2n) is 8.91. The minimum Gasteiger partial charge on any atom is -0.454 e. The number of aryl methyl sites for hydroxylation is 1. The van der Waals surface area contributed by atoms with Crippen LogP contribution >= 0.6 is 0 Å². The largest absolute Gasteiger partial charge is 0.454 e. The van der Waals surface area contributed by atoms with E-state index < -0.39 is 36.6 Å². The molecule has 1 heterocycles. The van der Waals surface area contributed by atoms with Crippen LogP contribution in [0.4, 0.5) is 4.79 Å². The molecule has 1 saturated heterocycles. The third kappa shape index (κ3) is 4.89. The molecule has 0 aromatic heterocycles. The molecule has 8 heteroatoms. The van der Waals surface area contributed by atoms with Crippen molar-refractivity contribution in [3.8, 4) is 0 Å². The van der Waals surface area contributed by atoms with Crippen molar-refractivity contribution < 1.29 is 23.9 Å². The van der Waals surface area contributed by atoms with Gasteiger partial charge in [0.25, 0.3) is 11.8 Å². The van der Waals surface area contributed by atoms with Crippen molar-refractivity contribution in [1.29, 1.82) is 0 Å². The Morgan fingerprint density at radius 3 is 2.55 bits per heavy atom. The highest BCUT2D eigenvalue weighted by atomic mass is 16.5. The number of ether oxygens (including phenoxy) is 1. The zero-order chi connectivity index (χ0) is 22.8. The predicted molar refractivity (Wildman–Crippen MR) is 114 cm³/mol. The van der Waals surface area contributed by atoms with Gasteiger partial charge in [-0.1, -0.05) is 56.5 Å². The van der Waals surface area contributed by atoms with E-state index in [1.165, 1.54) is 0 Å². The summed E-state index contributed by atoms with van der Waals surface area (Å²) >= 11 is 0. The van der Waals surface area contributed by atoms with Gasteiger partial charge in [-0.25, -0.2) is 4.79 Å². The van der Waals surface area contributed by atoms with E-state index in [2.05, 4.69) is 24.5 Å². The molecular weight excluding hydrogens is 398 g/mol. The standard InChI is InChI=1S/C23H31N3O5/c1-14-8-10-17(11-9-14)23(4)21(29)26(22(30)25-23)12-20(28)31-13-19(27)24-18-7-5-6-15(2)16(18)3/h8-11,15-16,18H,5-7,12-13H2,1-4H3,(H,24,27)(H,25,30)/t15-,16-,18+,23+/m0/s1. The van der Waals surface area contributed by atoms with Gasteiger partial charge in [0.05, 0.1) is 0 Å². The molecule has 1 aromatic carbocycles. The molecule has 4 atom stereocenters. The van der Waals surface area contributed by atoms with E-state index in [0.717, 1.165) is 29.7 Å². The number of esters is 1. The van der Waals surface area contributed by atoms with Crippen molar-refractivity contribution in [2.45, 2.75) is 58.5 Å². The second-order valence-corrected chi connectivity index (χ2v) is 8.91. The molecule has 1 aliphatic carbocycles. The summed E-state index contributed by atoms with van der Waals surface area (Å²) in [7, 11) is 0. The minimum absolute atomic E-state index is 0.0658. The highest BCUT2D eigenvalue weighted by molar-refractivity contribution is 6.08. The maximum Gasteiger partial charge on any atom is 0.326 e. The number of hydrogen-bond acceptors (Lipinski definition) is 5. The van der Waals surface area contributed by atoms with E-state index in [4.69, 9.17) is 4.74 Å². The fourth-order valence-corrected chi connectivity index (χ4v) is 4.28. The van der Waals surface area contributed by atoms with Gasteiger partial charge in [-0.15, -0.1) is 0 Å². The maximum absolute atomic E-state index is 12.9. The van der Waals surface area contributed by atoms with E-state index in [0.29, 0.717) is 17.4 Å². The van der Waals surface area contributed by atoms with Gasteiger partial charge >= 0.3 is 12.0 Å². The first-order valence-electron chi connectivity index (χ1n) is 10.8. The van der Waals surface area contributed by atoms with E-state index in [-0.39, 0.29) is 11.9 Å². The first kappa shape index (κ1) is 22.8. The molecule has 1 aliphatic heterocycles. The summed E-state index contributed by atoms with van der Waals surface area (Å²) in [6.45, 7) is 6.83. The molecule has 0 unspecified atom stereocenters. The van der Waals surface area contributed by atoms with Crippen LogP contribution in [0.3, 0.4) is 0 Å². The summed E-state index contributed by atoms with van der Waals surface area (Å²) in [6.07, 6.45) is 3.11. The lowest BCUT2D eigenvalue weighted by Gasteiger charge is -2.34. The van der Waals surface area contributed by atoms with Gasteiger partial charge in [-0.05, 0) is 37.7 Å². The van der Waals surface area contributed by atoms with Crippen LogP contribution in [0.2, 0.25) is 0 Å². The SMILES string of the molecule is Cc1ccc([C@@]2(C)NC(=O)N(CC(=O)OCC(=O)N[C@@H]3CCC[C@H](C)[C@@H]3C)C2=O)cc1. The van der Waals surface area contributed by atoms with E-state index in [9.17, 15) is 19.2 Å². The molecule has 0 spiro atoms. The Balaban J connectivity index is 1.53. The lowest BCUT2D eigenvalue weighted by molar-refractivity contribution is -0.151. The van der Waals surface area contributed by atoms with Crippen LogP contribution < -0.4 is 10.6 Å². The Hall–Kier alpha value is -2.90. The molecule has 8 nitrogen and oxygen atoms in total. The number of amides is 4. The topological polar surface area (TPSA) is 105 Å². The van der Waals surface area contributed by atoms with E-state index in [1.54, 1.807) is 19.1 Å². The van der Waals surface area contributed by atoms with Crippen molar-refractivity contribution >= 4 is 23.8 Å². The number of carbonyl (C=O) groups is 4. The van der Waals surface area contributed by atoms with Crippen LogP contribution in [-0.4, -0.2) is 47.9 Å². The average molecular weight is 430 g/mol. The van der Waals surface area contributed by atoms with Crippen molar-refractivity contribution in [2.24, 2.45) is 11.8 Å². The smallest absolute Gasteiger partial charge is 0.326 e. The van der Waals surface area contributed by atoms with E-state index >= 15 is 0 Å². The number of imide groups is 1. The highest BCUT2D eigenvalue weighted by Crippen LogP contribution is 2.30. The molecule has 1 aromatic rings. The van der Waals surface area contributed by atoms with Gasteiger partial charge in [0.2, 0.25) is 0 Å². The fourth-order valence-electron chi connectivity index (χ4n) is 4.28. The number of hydrogen-bond donors (Lipinski definition) is 2. The lowest BCUT2D eigenvalue weighted by Crippen LogP contribution is -2.45. The Kier molecular flexibility index (Phi) is 6.67. The number of benzene rings is 1. The van der Waals surface area contributed by atoms with Crippen LogP contribution in [-0.2, 0) is 24.7 Å². The number of rotatable bonds is 6. The molecule has 2 fully saturated rings. The number of nitrogens with one attached hydrogen (secondary N) is 2. The molecule has 1 saturated carbocycles. The molecule has 168 valence electrons. The number of urea groups is 1. The first-order chi connectivity index (χ1) is 14.6. The number of nitrogens with zero attached hydrogens (tertiary/aromatic N) is 1. The van der Waals surface area contributed by atoms with Gasteiger partial charge in [0.15, 0.2) is 6.61 Å². The van der Waals surface area contributed by atoms with Crippen molar-refractivity contribution in [3.05, 3.63) is 35.4 Å². The summed E-state index contributed by atoms with van der Waals surface area (Å²) in [6, 6.07) is 6.64. The van der Waals surface area contributed by atoms with Crippen LogP contribution in [0.5, 0.6) is 0 Å². The van der Waals surface area contributed by atoms with Crippen molar-refractivity contribution in [1.82, 2.24) is 15.5 Å². The predicted octanol–water partition coefficient (Wildman–Crippen LogP) is 2.25. The molecule has 2 N–H and O–H groups in total. The third-order valence-electron chi connectivity index (χ3n) is 6.61. The Morgan fingerprint density at radius 2 is 1.87 bits per heavy atom. The summed E-state index contributed by atoms with van der Waals surface area (Å²) in [4.78, 5) is 50.5. The third-order valence-corrected chi connectivity index (χ3v) is 6.61. The van der Waals surface area contributed by atoms with Gasteiger partial charge < -0.3 is 15.4 Å². The maximum atomic E-state index is 12.9. The van der Waals surface area contributed by atoms with Gasteiger partial charge in [-0.3, -0.25) is 19.3 Å². The Morgan fingerprint density at radius 1 is 1.19 bits per heavy atom. The van der Waals surface area contributed by atoms with Crippen LogP contribution in [0.25, 0.3) is 0 Å². The van der Waals surface area contributed by atoms with E-state index in [1.807, 2.05) is 19.1 Å². The highest BCUT2D eigenvalue weighted by Gasteiger charge is 2.49. The fraction of sp³-hybridized carbons (Fsp3) is 0.565. The minimum atomic E-state index is -1.25. The van der Waals surface area contributed by atoms with Crippen molar-refractivity contribution in [2.75, 3.05) is 13.2 Å². The molecule has 0 radical (unpaired) electrons. The summed E-state index contributed by atoms with van der Waals surface area (Å²) < 4.78 is 5.03. The van der Waals surface area contributed by atoms with Crippen LogP contribution in [0, 0.1) is 18.8 Å². The van der Waals surface area contributed by atoms with Crippen LogP contribution in [0.1, 0.15) is 51.2 Å². The summed E-state index contributed by atoms with van der Waals surface area (Å²) in [5, 5.41) is 5.58. The first-order valence-corrected chi connectivity index (χ1v) is 10.8. The van der Waals surface area contributed by atoms with Gasteiger partial charge in [0.1, 0.15) is 12.1 Å². The van der Waals surface area contributed by atoms with Gasteiger partial charge in [0, 0.05) is 6.04 Å². The molecular formula is C23H31N3O5. The molecule has 4 amide bonds. The Bertz CT molecular complexity index is 868.